The molecule has 0 radical (unpaired) electrons. The van der Waals surface area contributed by atoms with Crippen molar-refractivity contribution in [3.05, 3.63) is 36.0 Å². The highest BCUT2D eigenvalue weighted by molar-refractivity contribution is 5.91. The molecule has 0 N–H and O–H groups in total. The van der Waals surface area contributed by atoms with Gasteiger partial charge in [0.15, 0.2) is 5.78 Å². The molecule has 8 atom stereocenters. The third-order valence-corrected chi connectivity index (χ3v) is 8.66. The summed E-state index contributed by atoms with van der Waals surface area (Å²) in [6.45, 7) is 3.34. The zero-order valence-corrected chi connectivity index (χ0v) is 14.4. The first-order valence-electron chi connectivity index (χ1n) is 9.88. The van der Waals surface area contributed by atoms with Crippen molar-refractivity contribution >= 4 is 5.78 Å². The zero-order chi connectivity index (χ0) is 16.1. The summed E-state index contributed by atoms with van der Waals surface area (Å²) in [5.41, 5.74) is 1.68. The van der Waals surface area contributed by atoms with E-state index in [-0.39, 0.29) is 5.60 Å². The molecule has 0 saturated heterocycles. The van der Waals surface area contributed by atoms with Crippen molar-refractivity contribution in [3.8, 4) is 0 Å². The van der Waals surface area contributed by atoms with Crippen LogP contribution in [0.25, 0.3) is 0 Å². The lowest BCUT2D eigenvalue weighted by molar-refractivity contribution is -0.122. The highest BCUT2D eigenvalue weighted by Crippen LogP contribution is 2.77. The van der Waals surface area contributed by atoms with Crippen molar-refractivity contribution in [2.24, 2.45) is 40.9 Å². The Bertz CT molecular complexity index is 715. The minimum Gasteiger partial charge on any atom is -0.366 e. The van der Waals surface area contributed by atoms with E-state index in [4.69, 9.17) is 4.74 Å². The van der Waals surface area contributed by atoms with E-state index >= 15 is 0 Å². The molecule has 0 aromatic heterocycles. The summed E-state index contributed by atoms with van der Waals surface area (Å²) in [7, 11) is 0. The molecule has 1 heterocycles. The molecule has 0 bridgehead atoms. The first-order valence-corrected chi connectivity index (χ1v) is 9.88. The minimum atomic E-state index is 0.0415. The molecule has 2 heteroatoms. The normalized spacial score (nSPS) is 56.5. The molecule has 1 spiro atoms. The van der Waals surface area contributed by atoms with Gasteiger partial charge < -0.3 is 4.74 Å². The fraction of sp³-hybridized carbons (Fsp3) is 0.682. The molecule has 0 aromatic carbocycles. The molecule has 6 rings (SSSR count). The van der Waals surface area contributed by atoms with Gasteiger partial charge in [0.25, 0.3) is 0 Å². The number of ether oxygens (including phenoxy) is 1. The lowest BCUT2D eigenvalue weighted by Crippen LogP contribution is -2.54. The Balaban J connectivity index is 1.43. The number of rotatable bonds is 0. The van der Waals surface area contributed by atoms with E-state index in [9.17, 15) is 4.79 Å². The van der Waals surface area contributed by atoms with E-state index in [0.29, 0.717) is 23.0 Å². The van der Waals surface area contributed by atoms with E-state index in [2.05, 4.69) is 31.2 Å². The summed E-state index contributed by atoms with van der Waals surface area (Å²) >= 11 is 0. The number of ketones is 1. The number of hydrogen-bond acceptors (Lipinski definition) is 2. The Kier molecular flexibility index (Phi) is 2.54. The van der Waals surface area contributed by atoms with Crippen LogP contribution in [0.2, 0.25) is 0 Å². The van der Waals surface area contributed by atoms with Gasteiger partial charge in [0.05, 0.1) is 12.2 Å². The molecule has 5 aliphatic carbocycles. The van der Waals surface area contributed by atoms with Crippen LogP contribution < -0.4 is 0 Å². The molecule has 126 valence electrons. The molecule has 3 fully saturated rings. The Morgan fingerprint density at radius 2 is 2.17 bits per heavy atom. The number of fused-ring (bicyclic) bond motifs is 9. The van der Waals surface area contributed by atoms with E-state index in [1.54, 1.807) is 0 Å². The first-order chi connectivity index (χ1) is 11.6. The number of hydrogen-bond donors (Lipinski definition) is 0. The maximum Gasteiger partial charge on any atom is 0.155 e. The Labute approximate surface area is 144 Å². The topological polar surface area (TPSA) is 26.3 Å². The summed E-state index contributed by atoms with van der Waals surface area (Å²) in [5.74, 6) is 4.83. The van der Waals surface area contributed by atoms with Crippen molar-refractivity contribution in [1.82, 2.24) is 0 Å². The maximum absolute atomic E-state index is 11.8. The van der Waals surface area contributed by atoms with Crippen LogP contribution in [0.5, 0.6) is 0 Å². The van der Waals surface area contributed by atoms with E-state index < -0.39 is 0 Å². The molecule has 3 unspecified atom stereocenters. The van der Waals surface area contributed by atoms with Crippen LogP contribution in [0.3, 0.4) is 0 Å². The predicted molar refractivity (Wildman–Crippen MR) is 92.2 cm³/mol. The van der Waals surface area contributed by atoms with Crippen molar-refractivity contribution in [2.45, 2.75) is 44.6 Å². The fourth-order valence-corrected chi connectivity index (χ4v) is 7.72. The monoisotopic (exact) mass is 322 g/mol. The molecular formula is C22H26O2. The van der Waals surface area contributed by atoms with Crippen LogP contribution in [0.4, 0.5) is 0 Å². The Hall–Kier alpha value is -1.15. The van der Waals surface area contributed by atoms with Crippen molar-refractivity contribution in [2.75, 3.05) is 6.61 Å². The summed E-state index contributed by atoms with van der Waals surface area (Å²) in [5, 5.41) is 0. The van der Waals surface area contributed by atoms with Gasteiger partial charge >= 0.3 is 0 Å². The summed E-state index contributed by atoms with van der Waals surface area (Å²) in [4.78, 5) is 11.8. The Morgan fingerprint density at radius 3 is 3.00 bits per heavy atom. The van der Waals surface area contributed by atoms with Gasteiger partial charge in [0, 0.05) is 11.8 Å². The number of carbonyl (C=O) groups is 1. The van der Waals surface area contributed by atoms with Gasteiger partial charge in [-0.2, -0.15) is 0 Å². The van der Waals surface area contributed by atoms with Crippen molar-refractivity contribution in [3.63, 3.8) is 0 Å². The van der Waals surface area contributed by atoms with Gasteiger partial charge in [-0.1, -0.05) is 31.2 Å². The molecule has 0 amide bonds. The van der Waals surface area contributed by atoms with Gasteiger partial charge in [0.2, 0.25) is 0 Å². The van der Waals surface area contributed by atoms with Crippen LogP contribution in [0.15, 0.2) is 36.0 Å². The average molecular weight is 322 g/mol. The summed E-state index contributed by atoms with van der Waals surface area (Å²) in [6, 6.07) is 0. The van der Waals surface area contributed by atoms with Gasteiger partial charge in [0.1, 0.15) is 0 Å². The van der Waals surface area contributed by atoms with E-state index in [1.165, 1.54) is 24.8 Å². The zero-order valence-electron chi connectivity index (χ0n) is 14.4. The molecule has 1 aliphatic heterocycles. The third kappa shape index (κ3) is 1.47. The van der Waals surface area contributed by atoms with Gasteiger partial charge in [-0.3, -0.25) is 4.79 Å². The van der Waals surface area contributed by atoms with Gasteiger partial charge in [-0.15, -0.1) is 0 Å². The van der Waals surface area contributed by atoms with Gasteiger partial charge in [-0.25, -0.2) is 0 Å². The second-order valence-electron chi connectivity index (χ2n) is 9.35. The molecule has 6 aliphatic rings. The van der Waals surface area contributed by atoms with Crippen LogP contribution >= 0.6 is 0 Å². The van der Waals surface area contributed by atoms with E-state index in [0.717, 1.165) is 43.1 Å². The van der Waals surface area contributed by atoms with Crippen molar-refractivity contribution < 1.29 is 9.53 Å². The SMILES string of the molecule is C[C@]12CCC3C(C=CC4=CC(=O)CC[C@@H]43)C1[C@@H]1C[C@@H]1[C@@]21C=CCO1. The van der Waals surface area contributed by atoms with Crippen LogP contribution in [-0.2, 0) is 9.53 Å². The lowest BCUT2D eigenvalue weighted by atomic mass is 9.50. The smallest absolute Gasteiger partial charge is 0.155 e. The van der Waals surface area contributed by atoms with Crippen LogP contribution in [0, 0.1) is 40.9 Å². The maximum atomic E-state index is 11.8. The van der Waals surface area contributed by atoms with Crippen LogP contribution in [0.1, 0.15) is 39.0 Å². The molecule has 0 aromatic rings. The lowest BCUT2D eigenvalue weighted by Gasteiger charge is -2.55. The van der Waals surface area contributed by atoms with Crippen molar-refractivity contribution in [1.29, 1.82) is 0 Å². The predicted octanol–water partition coefficient (Wildman–Crippen LogP) is 4.09. The minimum absolute atomic E-state index is 0.0415. The third-order valence-electron chi connectivity index (χ3n) is 8.66. The summed E-state index contributed by atoms with van der Waals surface area (Å²) < 4.78 is 6.44. The molecule has 24 heavy (non-hydrogen) atoms. The highest BCUT2D eigenvalue weighted by atomic mass is 16.5. The van der Waals surface area contributed by atoms with E-state index in [1.807, 2.05) is 6.08 Å². The van der Waals surface area contributed by atoms with Gasteiger partial charge in [-0.05, 0) is 72.8 Å². The molecule has 2 nitrogen and oxygen atoms in total. The highest BCUT2D eigenvalue weighted by Gasteiger charge is 2.76. The first kappa shape index (κ1) is 14.1. The number of allylic oxidation sites excluding steroid dienone is 4. The largest absolute Gasteiger partial charge is 0.366 e. The average Bonchev–Trinajstić information content (AvgIpc) is 3.13. The quantitative estimate of drug-likeness (QED) is 0.628. The summed E-state index contributed by atoms with van der Waals surface area (Å²) in [6.07, 6.45) is 17.2. The molecule has 3 saturated carbocycles. The Morgan fingerprint density at radius 1 is 1.25 bits per heavy atom. The fourth-order valence-electron chi connectivity index (χ4n) is 7.72. The second kappa shape index (κ2) is 4.33. The standard InChI is InChI=1S/C22H26O2/c1-21-9-7-16-15-6-4-14(23)11-13(15)3-5-17(16)20(21)18-12-19(18)22(21)8-2-10-24-22/h2-3,5,8,11,15-20H,4,6-7,9-10,12H2,1H3/t15-,16?,17?,18+,19-,20?,21-,22-/m0/s1. The van der Waals surface area contributed by atoms with Crippen LogP contribution in [-0.4, -0.2) is 18.0 Å². The second-order valence-corrected chi connectivity index (χ2v) is 9.35. The molecular weight excluding hydrogens is 296 g/mol. The number of carbonyl (C=O) groups excluding carboxylic acids is 1.